The number of nitrogens with one attached hydrogen (secondary N) is 1. The first-order valence-corrected chi connectivity index (χ1v) is 4.63. The number of phenolic OH excluding ortho intramolecular Hbond substituents is 1. The van der Waals surface area contributed by atoms with Crippen LogP contribution >= 0.6 is 11.6 Å². The van der Waals surface area contributed by atoms with Crippen LogP contribution in [0, 0.1) is 17.1 Å². The third-order valence-corrected chi connectivity index (χ3v) is 2.38. The predicted molar refractivity (Wildman–Crippen MR) is 55.4 cm³/mol. The quantitative estimate of drug-likeness (QED) is 0.800. The number of benzene rings is 1. The van der Waals surface area contributed by atoms with Crippen molar-refractivity contribution in [2.24, 2.45) is 0 Å². The highest BCUT2D eigenvalue weighted by atomic mass is 35.5. The number of aromatic amines is 1. The lowest BCUT2D eigenvalue weighted by Crippen LogP contribution is -1.92. The summed E-state index contributed by atoms with van der Waals surface area (Å²) in [6, 6.07) is 4.08. The fourth-order valence-corrected chi connectivity index (χ4v) is 1.57. The zero-order valence-electron chi connectivity index (χ0n) is 7.83. The van der Waals surface area contributed by atoms with E-state index in [1.807, 2.05) is 0 Å². The average molecular weight is 238 g/mol. The number of halogens is 2. The van der Waals surface area contributed by atoms with E-state index in [9.17, 15) is 9.50 Å². The van der Waals surface area contributed by atoms with Crippen molar-refractivity contribution in [2.75, 3.05) is 0 Å². The number of aromatic nitrogens is 2. The summed E-state index contributed by atoms with van der Waals surface area (Å²) in [6.07, 6.45) is 1.43. The van der Waals surface area contributed by atoms with E-state index < -0.39 is 5.82 Å². The van der Waals surface area contributed by atoms with E-state index in [4.69, 9.17) is 16.9 Å². The molecule has 2 N–H and O–H groups in total. The van der Waals surface area contributed by atoms with Crippen molar-refractivity contribution < 1.29 is 9.50 Å². The second-order valence-corrected chi connectivity index (χ2v) is 3.43. The second kappa shape index (κ2) is 3.83. The van der Waals surface area contributed by atoms with Gasteiger partial charge in [0.1, 0.15) is 23.2 Å². The maximum atomic E-state index is 13.4. The first-order valence-electron chi connectivity index (χ1n) is 4.26. The molecule has 1 heterocycles. The molecule has 0 unspecified atom stereocenters. The number of hydrogen-bond donors (Lipinski definition) is 2. The van der Waals surface area contributed by atoms with E-state index >= 15 is 0 Å². The van der Waals surface area contributed by atoms with Gasteiger partial charge in [0.05, 0.1) is 16.3 Å². The van der Waals surface area contributed by atoms with Crippen molar-refractivity contribution in [1.29, 1.82) is 5.26 Å². The molecule has 0 saturated carbocycles. The van der Waals surface area contributed by atoms with Gasteiger partial charge < -0.3 is 5.11 Å². The molecule has 0 bridgehead atoms. The second-order valence-electron chi connectivity index (χ2n) is 3.02. The molecular formula is C10H5ClFN3O. The first-order chi connectivity index (χ1) is 7.65. The molecule has 0 aliphatic rings. The number of aromatic hydroxyl groups is 1. The molecule has 0 fully saturated rings. The molecule has 0 saturated heterocycles. The topological polar surface area (TPSA) is 72.7 Å². The molecule has 16 heavy (non-hydrogen) atoms. The highest BCUT2D eigenvalue weighted by Crippen LogP contribution is 2.38. The summed E-state index contributed by atoms with van der Waals surface area (Å²) < 4.78 is 13.4. The molecule has 0 aliphatic carbocycles. The summed E-state index contributed by atoms with van der Waals surface area (Å²) in [7, 11) is 0. The van der Waals surface area contributed by atoms with Gasteiger partial charge in [0.15, 0.2) is 0 Å². The van der Waals surface area contributed by atoms with Crippen LogP contribution in [0.5, 0.6) is 5.75 Å². The van der Waals surface area contributed by atoms with Crippen molar-refractivity contribution in [1.82, 2.24) is 10.2 Å². The van der Waals surface area contributed by atoms with Gasteiger partial charge in [-0.2, -0.15) is 10.4 Å². The van der Waals surface area contributed by atoms with Crippen LogP contribution in [-0.2, 0) is 0 Å². The summed E-state index contributed by atoms with van der Waals surface area (Å²) in [4.78, 5) is 0. The Bertz CT molecular complexity index is 575. The minimum Gasteiger partial charge on any atom is -0.506 e. The van der Waals surface area contributed by atoms with Gasteiger partial charge in [-0.1, -0.05) is 11.6 Å². The molecule has 2 aromatic rings. The smallest absolute Gasteiger partial charge is 0.145 e. The fraction of sp³-hybridized carbons (Fsp3) is 0. The summed E-state index contributed by atoms with van der Waals surface area (Å²) >= 11 is 5.63. The molecule has 0 spiro atoms. The van der Waals surface area contributed by atoms with Crippen molar-refractivity contribution in [3.8, 4) is 23.1 Å². The van der Waals surface area contributed by atoms with Gasteiger partial charge in [0.2, 0.25) is 0 Å². The minimum atomic E-state index is -0.782. The number of nitrogens with zero attached hydrogens (tertiary/aromatic N) is 2. The lowest BCUT2D eigenvalue weighted by molar-refractivity contribution is 0.475. The van der Waals surface area contributed by atoms with Crippen molar-refractivity contribution in [3.63, 3.8) is 0 Å². The van der Waals surface area contributed by atoms with Gasteiger partial charge in [-0.05, 0) is 12.1 Å². The fourth-order valence-electron chi connectivity index (χ4n) is 1.38. The normalized spacial score (nSPS) is 10.1. The summed E-state index contributed by atoms with van der Waals surface area (Å²) in [5.74, 6) is -1.13. The Morgan fingerprint density at radius 3 is 2.88 bits per heavy atom. The summed E-state index contributed by atoms with van der Waals surface area (Å²) in [5.41, 5.74) is 0.0756. The Balaban J connectivity index is 2.82. The standard InChI is InChI=1S/C10H5ClFN3O/c11-6-3-7(12)5(4-13)9(10(6)16)8-1-2-14-15-8/h1-3,16H,(H,14,15). The lowest BCUT2D eigenvalue weighted by Gasteiger charge is -2.07. The zero-order valence-corrected chi connectivity index (χ0v) is 8.59. The molecule has 1 aromatic heterocycles. The summed E-state index contributed by atoms with van der Waals surface area (Å²) in [6.45, 7) is 0. The SMILES string of the molecule is N#Cc1c(F)cc(Cl)c(O)c1-c1ccn[nH]1. The molecule has 2 rings (SSSR count). The Morgan fingerprint density at radius 2 is 2.31 bits per heavy atom. The van der Waals surface area contributed by atoms with Crippen molar-refractivity contribution in [3.05, 3.63) is 34.7 Å². The molecular weight excluding hydrogens is 233 g/mol. The van der Waals surface area contributed by atoms with E-state index in [0.717, 1.165) is 6.07 Å². The number of phenols is 1. The van der Waals surface area contributed by atoms with Crippen LogP contribution in [0.4, 0.5) is 4.39 Å². The molecule has 1 aromatic carbocycles. The van der Waals surface area contributed by atoms with Gasteiger partial charge in [-0.15, -0.1) is 0 Å². The van der Waals surface area contributed by atoms with Crippen LogP contribution in [0.3, 0.4) is 0 Å². The molecule has 80 valence electrons. The monoisotopic (exact) mass is 237 g/mol. The van der Waals surface area contributed by atoms with Crippen LogP contribution in [0.2, 0.25) is 5.02 Å². The predicted octanol–water partition coefficient (Wildman–Crippen LogP) is 2.45. The van der Waals surface area contributed by atoms with Gasteiger partial charge >= 0.3 is 0 Å². The number of hydrogen-bond acceptors (Lipinski definition) is 3. The average Bonchev–Trinajstić information content (AvgIpc) is 2.76. The number of rotatable bonds is 1. The third kappa shape index (κ3) is 1.49. The van der Waals surface area contributed by atoms with E-state index in [1.165, 1.54) is 12.3 Å². The molecule has 0 radical (unpaired) electrons. The van der Waals surface area contributed by atoms with Crippen molar-refractivity contribution >= 4 is 11.6 Å². The van der Waals surface area contributed by atoms with E-state index in [2.05, 4.69) is 10.2 Å². The highest BCUT2D eigenvalue weighted by molar-refractivity contribution is 6.32. The van der Waals surface area contributed by atoms with E-state index in [0.29, 0.717) is 5.69 Å². The van der Waals surface area contributed by atoms with Crippen molar-refractivity contribution in [2.45, 2.75) is 0 Å². The molecule has 0 amide bonds. The summed E-state index contributed by atoms with van der Waals surface area (Å²) in [5, 5.41) is 24.6. The molecule has 4 nitrogen and oxygen atoms in total. The van der Waals surface area contributed by atoms with Crippen LogP contribution in [-0.4, -0.2) is 15.3 Å². The molecule has 0 aliphatic heterocycles. The Hall–Kier alpha value is -2.06. The van der Waals surface area contributed by atoms with Gasteiger partial charge in [-0.3, -0.25) is 5.10 Å². The Labute approximate surface area is 94.9 Å². The largest absolute Gasteiger partial charge is 0.506 e. The zero-order chi connectivity index (χ0) is 11.7. The van der Waals surface area contributed by atoms with Crippen LogP contribution in [0.1, 0.15) is 5.56 Å². The maximum Gasteiger partial charge on any atom is 0.145 e. The van der Waals surface area contributed by atoms with Gasteiger partial charge in [0, 0.05) is 6.20 Å². The van der Waals surface area contributed by atoms with Crippen LogP contribution < -0.4 is 0 Å². The van der Waals surface area contributed by atoms with Crippen LogP contribution in [0.25, 0.3) is 11.3 Å². The number of H-pyrrole nitrogens is 1. The minimum absolute atomic E-state index is 0.0185. The van der Waals surface area contributed by atoms with Crippen LogP contribution in [0.15, 0.2) is 18.3 Å². The maximum absolute atomic E-state index is 13.4. The van der Waals surface area contributed by atoms with E-state index in [-0.39, 0.29) is 21.9 Å². The molecule has 6 heteroatoms. The first kappa shape index (κ1) is 10.5. The third-order valence-electron chi connectivity index (χ3n) is 2.09. The molecule has 0 atom stereocenters. The number of nitriles is 1. The van der Waals surface area contributed by atoms with E-state index in [1.54, 1.807) is 6.07 Å². The lowest BCUT2D eigenvalue weighted by atomic mass is 10.0. The Kier molecular flexibility index (Phi) is 2.50. The Morgan fingerprint density at radius 1 is 1.56 bits per heavy atom. The van der Waals surface area contributed by atoms with Gasteiger partial charge in [0.25, 0.3) is 0 Å². The van der Waals surface area contributed by atoms with Gasteiger partial charge in [-0.25, -0.2) is 4.39 Å². The highest BCUT2D eigenvalue weighted by Gasteiger charge is 2.19.